The van der Waals surface area contributed by atoms with Gasteiger partial charge in [-0.15, -0.1) is 0 Å². The van der Waals surface area contributed by atoms with E-state index in [4.69, 9.17) is 4.98 Å². The van der Waals surface area contributed by atoms with Crippen molar-refractivity contribution >= 4 is 11.8 Å². The Morgan fingerprint density at radius 1 is 1.07 bits per heavy atom. The highest BCUT2D eigenvalue weighted by Gasteiger charge is 2.38. The van der Waals surface area contributed by atoms with Gasteiger partial charge in [0.05, 0.1) is 17.8 Å². The van der Waals surface area contributed by atoms with Crippen molar-refractivity contribution in [3.8, 4) is 11.3 Å². The molecule has 1 aliphatic carbocycles. The van der Waals surface area contributed by atoms with E-state index in [0.717, 1.165) is 52.6 Å². The largest absolute Gasteiger partial charge is 0.283 e. The van der Waals surface area contributed by atoms with E-state index in [1.54, 1.807) is 11.8 Å². The fraction of sp³-hybridized carbons (Fsp3) is 0.360. The zero-order chi connectivity index (χ0) is 20.4. The number of benzene rings is 2. The maximum atomic E-state index is 13.9. The van der Waals surface area contributed by atoms with E-state index in [0.29, 0.717) is 6.54 Å². The van der Waals surface area contributed by atoms with E-state index >= 15 is 0 Å². The lowest BCUT2D eigenvalue weighted by Gasteiger charge is -2.36. The van der Waals surface area contributed by atoms with Crippen LogP contribution in [0.25, 0.3) is 11.3 Å². The fourth-order valence-electron chi connectivity index (χ4n) is 4.20. The van der Waals surface area contributed by atoms with E-state index in [1.165, 1.54) is 5.56 Å². The molecule has 0 fully saturated rings. The molecular formula is C25H28N2OS. The molecule has 0 unspecified atom stereocenters. The minimum absolute atomic E-state index is 0.122. The monoisotopic (exact) mass is 404 g/mol. The first-order valence-electron chi connectivity index (χ1n) is 10.5. The highest BCUT2D eigenvalue weighted by molar-refractivity contribution is 7.99. The van der Waals surface area contributed by atoms with Crippen LogP contribution in [0.15, 0.2) is 64.5 Å². The Hall–Kier alpha value is -2.33. The molecule has 0 saturated carbocycles. The number of fused-ring (bicyclic) bond motifs is 3. The molecule has 0 bridgehead atoms. The van der Waals surface area contributed by atoms with Crippen LogP contribution in [-0.2, 0) is 18.4 Å². The zero-order valence-electron chi connectivity index (χ0n) is 17.4. The molecule has 1 heterocycles. The molecular weight excluding hydrogens is 376 g/mol. The van der Waals surface area contributed by atoms with Gasteiger partial charge in [0, 0.05) is 16.7 Å². The topological polar surface area (TPSA) is 34.9 Å². The van der Waals surface area contributed by atoms with Gasteiger partial charge in [0.1, 0.15) is 0 Å². The van der Waals surface area contributed by atoms with Crippen LogP contribution in [-0.4, -0.2) is 15.3 Å². The molecule has 0 radical (unpaired) electrons. The van der Waals surface area contributed by atoms with Crippen LogP contribution in [0, 0.1) is 0 Å². The summed E-state index contributed by atoms with van der Waals surface area (Å²) in [5.41, 5.74) is 5.25. The standard InChI is InChI=1S/C25H28N2OS/c1-4-15-29-24-26-22-20-14-10-9-13-19(20)16-25(3,5-2)21(22)23(28)27(24)17-18-11-7-6-8-12-18/h6-14H,4-5,15-17H2,1-3H3/t25-/m1/s1. The van der Waals surface area contributed by atoms with Crippen LogP contribution >= 0.6 is 11.8 Å². The van der Waals surface area contributed by atoms with Crippen LogP contribution in [0.1, 0.15) is 50.3 Å². The molecule has 0 aliphatic heterocycles. The van der Waals surface area contributed by atoms with Gasteiger partial charge < -0.3 is 0 Å². The van der Waals surface area contributed by atoms with E-state index in [9.17, 15) is 4.79 Å². The zero-order valence-corrected chi connectivity index (χ0v) is 18.3. The van der Waals surface area contributed by atoms with Gasteiger partial charge in [0.2, 0.25) is 0 Å². The Morgan fingerprint density at radius 2 is 1.79 bits per heavy atom. The van der Waals surface area contributed by atoms with Gasteiger partial charge in [-0.1, -0.05) is 87.1 Å². The summed E-state index contributed by atoms with van der Waals surface area (Å²) in [7, 11) is 0. The molecule has 0 spiro atoms. The summed E-state index contributed by atoms with van der Waals surface area (Å²) in [6, 6.07) is 18.7. The molecule has 0 N–H and O–H groups in total. The lowest BCUT2D eigenvalue weighted by molar-refractivity contribution is 0.430. The summed E-state index contributed by atoms with van der Waals surface area (Å²) in [5, 5.41) is 0.828. The summed E-state index contributed by atoms with van der Waals surface area (Å²) in [6.45, 7) is 7.12. The molecule has 150 valence electrons. The van der Waals surface area contributed by atoms with E-state index in [-0.39, 0.29) is 11.0 Å². The fourth-order valence-corrected chi connectivity index (χ4v) is 5.04. The smallest absolute Gasteiger partial charge is 0.258 e. The number of hydrogen-bond acceptors (Lipinski definition) is 3. The Balaban J connectivity index is 1.96. The van der Waals surface area contributed by atoms with Gasteiger partial charge in [-0.25, -0.2) is 4.98 Å². The second-order valence-electron chi connectivity index (χ2n) is 8.09. The lowest BCUT2D eigenvalue weighted by Crippen LogP contribution is -2.40. The predicted molar refractivity (Wildman–Crippen MR) is 122 cm³/mol. The first-order chi connectivity index (χ1) is 14.1. The second kappa shape index (κ2) is 8.19. The van der Waals surface area contributed by atoms with Gasteiger partial charge in [-0.05, 0) is 30.4 Å². The second-order valence-corrected chi connectivity index (χ2v) is 9.15. The molecule has 0 saturated heterocycles. The Bertz CT molecular complexity index is 1070. The third-order valence-corrected chi connectivity index (χ3v) is 7.17. The molecule has 29 heavy (non-hydrogen) atoms. The van der Waals surface area contributed by atoms with Gasteiger partial charge >= 0.3 is 0 Å². The third-order valence-electron chi connectivity index (χ3n) is 5.99. The Labute approximate surface area is 177 Å². The molecule has 0 amide bonds. The normalized spacial score (nSPS) is 17.6. The molecule has 4 heteroatoms. The highest BCUT2D eigenvalue weighted by atomic mass is 32.2. The minimum Gasteiger partial charge on any atom is -0.283 e. The highest BCUT2D eigenvalue weighted by Crippen LogP contribution is 2.43. The van der Waals surface area contributed by atoms with Crippen molar-refractivity contribution in [3.05, 3.63) is 81.6 Å². The number of nitrogens with zero attached hydrogens (tertiary/aromatic N) is 2. The summed E-state index contributed by atoms with van der Waals surface area (Å²) < 4.78 is 1.90. The molecule has 1 aliphatic rings. The van der Waals surface area contributed by atoms with Crippen LogP contribution in [0.2, 0.25) is 0 Å². The lowest BCUT2D eigenvalue weighted by atomic mass is 9.69. The maximum absolute atomic E-state index is 13.9. The number of hydrogen-bond donors (Lipinski definition) is 0. The van der Waals surface area contributed by atoms with E-state index < -0.39 is 0 Å². The maximum Gasteiger partial charge on any atom is 0.258 e. The van der Waals surface area contributed by atoms with Gasteiger partial charge in [0.15, 0.2) is 5.16 Å². The first kappa shape index (κ1) is 20.0. The van der Waals surface area contributed by atoms with Crippen LogP contribution in [0.5, 0.6) is 0 Å². The molecule has 3 nitrogen and oxygen atoms in total. The Kier molecular flexibility index (Phi) is 5.64. The van der Waals surface area contributed by atoms with Crippen molar-refractivity contribution in [2.45, 2.75) is 57.1 Å². The van der Waals surface area contributed by atoms with Crippen LogP contribution in [0.4, 0.5) is 0 Å². The molecule has 2 aromatic carbocycles. The Morgan fingerprint density at radius 3 is 2.52 bits per heavy atom. The van der Waals surface area contributed by atoms with Gasteiger partial charge in [-0.2, -0.15) is 0 Å². The predicted octanol–water partition coefficient (Wildman–Crippen LogP) is 5.68. The first-order valence-corrected chi connectivity index (χ1v) is 11.5. The van der Waals surface area contributed by atoms with Crippen molar-refractivity contribution in [1.82, 2.24) is 9.55 Å². The quantitative estimate of drug-likeness (QED) is 0.391. The summed E-state index contributed by atoms with van der Waals surface area (Å²) in [4.78, 5) is 19.0. The summed E-state index contributed by atoms with van der Waals surface area (Å²) in [6.07, 6.45) is 2.85. The van der Waals surface area contributed by atoms with Crippen molar-refractivity contribution < 1.29 is 0 Å². The van der Waals surface area contributed by atoms with Gasteiger partial charge in [0.25, 0.3) is 5.56 Å². The molecule has 1 atom stereocenters. The van der Waals surface area contributed by atoms with Crippen LogP contribution < -0.4 is 5.56 Å². The molecule has 3 aromatic rings. The number of aromatic nitrogens is 2. The van der Waals surface area contributed by atoms with E-state index in [1.807, 2.05) is 28.8 Å². The van der Waals surface area contributed by atoms with Gasteiger partial charge in [-0.3, -0.25) is 9.36 Å². The average Bonchev–Trinajstić information content (AvgIpc) is 2.75. The molecule has 1 aromatic heterocycles. The third kappa shape index (κ3) is 3.66. The molecule has 4 rings (SSSR count). The van der Waals surface area contributed by atoms with Crippen molar-refractivity contribution in [2.75, 3.05) is 5.75 Å². The van der Waals surface area contributed by atoms with Crippen molar-refractivity contribution in [2.24, 2.45) is 0 Å². The summed E-state index contributed by atoms with van der Waals surface area (Å²) in [5.74, 6) is 0.951. The minimum atomic E-state index is -0.194. The van der Waals surface area contributed by atoms with E-state index in [2.05, 4.69) is 51.1 Å². The summed E-state index contributed by atoms with van der Waals surface area (Å²) >= 11 is 1.69. The van der Waals surface area contributed by atoms with Crippen LogP contribution in [0.3, 0.4) is 0 Å². The number of thioether (sulfide) groups is 1. The number of rotatable bonds is 6. The van der Waals surface area contributed by atoms with Crippen molar-refractivity contribution in [1.29, 1.82) is 0 Å². The SMILES string of the molecule is CCCSc1nc2c(c(=O)n1Cc1ccccc1)[C@](C)(CC)Cc1ccccc1-2. The average molecular weight is 405 g/mol. The van der Waals surface area contributed by atoms with Crippen molar-refractivity contribution in [3.63, 3.8) is 0 Å².